The molecule has 0 amide bonds. The minimum Gasteiger partial charge on any atom is -0.375 e. The first-order chi connectivity index (χ1) is 3.25. The van der Waals surface area contributed by atoms with E-state index in [1.54, 1.807) is 0 Å². The fourth-order valence-corrected chi connectivity index (χ4v) is 0. The number of aliphatic hydroxyl groups is 2. The van der Waals surface area contributed by atoms with Crippen molar-refractivity contribution >= 4 is 37.9 Å². The predicted octanol–water partition coefficient (Wildman–Crippen LogP) is 0.130. The summed E-state index contributed by atoms with van der Waals surface area (Å²) in [4.78, 5) is -1.58. The fraction of sp³-hybridized carbons (Fsp3) is 1.00. The molecule has 0 aromatic heterocycles. The number of thiol groups is 3. The Morgan fingerprint density at radius 1 is 1.12 bits per heavy atom. The SMILES string of the molecule is CC(O)(S)C(O)(S)S. The Balaban J connectivity index is 4.02. The van der Waals surface area contributed by atoms with Gasteiger partial charge in [0, 0.05) is 0 Å². The normalized spacial score (nSPS) is 20.2. The summed E-state index contributed by atoms with van der Waals surface area (Å²) in [5.74, 6) is 0. The molecule has 0 rings (SSSR count). The van der Waals surface area contributed by atoms with Gasteiger partial charge in [0.2, 0.25) is 0 Å². The molecule has 0 aromatic carbocycles. The van der Waals surface area contributed by atoms with Crippen molar-refractivity contribution in [3.63, 3.8) is 0 Å². The van der Waals surface area contributed by atoms with E-state index >= 15 is 0 Å². The highest BCUT2D eigenvalue weighted by atomic mass is 32.2. The van der Waals surface area contributed by atoms with Crippen molar-refractivity contribution in [2.75, 3.05) is 0 Å². The Kier molecular flexibility index (Phi) is 2.58. The van der Waals surface area contributed by atoms with Gasteiger partial charge in [0.05, 0.1) is 0 Å². The van der Waals surface area contributed by atoms with Gasteiger partial charge in [0.1, 0.15) is 0 Å². The number of rotatable bonds is 1. The Hall–Kier alpha value is 0.970. The second-order valence-corrected chi connectivity index (χ2v) is 4.17. The lowest BCUT2D eigenvalue weighted by atomic mass is 10.4. The fourth-order valence-electron chi connectivity index (χ4n) is 0. The zero-order valence-electron chi connectivity index (χ0n) is 4.24. The largest absolute Gasteiger partial charge is 0.375 e. The molecule has 0 fully saturated rings. The van der Waals surface area contributed by atoms with Gasteiger partial charge in [0.25, 0.3) is 0 Å². The molecule has 0 aliphatic rings. The van der Waals surface area contributed by atoms with Gasteiger partial charge in [-0.3, -0.25) is 0 Å². The molecule has 0 saturated carbocycles. The topological polar surface area (TPSA) is 40.5 Å². The Morgan fingerprint density at radius 3 is 1.25 bits per heavy atom. The van der Waals surface area contributed by atoms with Gasteiger partial charge in [0.15, 0.2) is 9.20 Å². The van der Waals surface area contributed by atoms with Crippen LogP contribution in [0.3, 0.4) is 0 Å². The van der Waals surface area contributed by atoms with Gasteiger partial charge in [-0.1, -0.05) is 0 Å². The Labute approximate surface area is 64.5 Å². The van der Waals surface area contributed by atoms with Crippen molar-refractivity contribution in [2.45, 2.75) is 16.1 Å². The van der Waals surface area contributed by atoms with E-state index in [2.05, 4.69) is 37.9 Å². The first-order valence-corrected chi connectivity index (χ1v) is 3.21. The molecular weight excluding hydrogens is 164 g/mol. The van der Waals surface area contributed by atoms with E-state index in [-0.39, 0.29) is 0 Å². The van der Waals surface area contributed by atoms with Gasteiger partial charge >= 0.3 is 0 Å². The van der Waals surface area contributed by atoms with Crippen LogP contribution < -0.4 is 0 Å². The molecule has 1 unspecified atom stereocenters. The van der Waals surface area contributed by atoms with Crippen LogP contribution in [0.5, 0.6) is 0 Å². The van der Waals surface area contributed by atoms with Crippen LogP contribution in [0.2, 0.25) is 0 Å². The maximum Gasteiger partial charge on any atom is 0.190 e. The van der Waals surface area contributed by atoms with Gasteiger partial charge in [-0.05, 0) is 6.92 Å². The molecule has 0 saturated heterocycles. The summed E-state index contributed by atoms with van der Waals surface area (Å²) >= 11 is 10.6. The summed E-state index contributed by atoms with van der Waals surface area (Å²) in [6, 6.07) is 0. The van der Waals surface area contributed by atoms with E-state index in [9.17, 15) is 0 Å². The van der Waals surface area contributed by atoms with Crippen molar-refractivity contribution < 1.29 is 10.2 Å². The van der Waals surface area contributed by atoms with E-state index in [0.717, 1.165) is 0 Å². The van der Waals surface area contributed by atoms with Crippen molar-refractivity contribution in [2.24, 2.45) is 0 Å². The zero-order valence-corrected chi connectivity index (χ0v) is 6.92. The maximum atomic E-state index is 8.82. The molecule has 2 N–H and O–H groups in total. The molecule has 50 valence electrons. The van der Waals surface area contributed by atoms with Crippen molar-refractivity contribution in [3.8, 4) is 0 Å². The van der Waals surface area contributed by atoms with E-state index in [1.807, 2.05) is 0 Å². The van der Waals surface area contributed by atoms with Gasteiger partial charge in [-0.25, -0.2) is 0 Å². The lowest BCUT2D eigenvalue weighted by molar-refractivity contribution is 0.0421. The van der Waals surface area contributed by atoms with E-state index in [1.165, 1.54) is 6.92 Å². The third kappa shape index (κ3) is 2.50. The van der Waals surface area contributed by atoms with Crippen molar-refractivity contribution in [3.05, 3.63) is 0 Å². The Bertz CT molecular complexity index is 67.5. The highest BCUT2D eigenvalue weighted by Crippen LogP contribution is 2.32. The van der Waals surface area contributed by atoms with Crippen LogP contribution in [0.25, 0.3) is 0 Å². The second kappa shape index (κ2) is 2.30. The maximum absolute atomic E-state index is 8.82. The van der Waals surface area contributed by atoms with Gasteiger partial charge in [-0.15, -0.1) is 37.9 Å². The molecule has 0 bridgehead atoms. The summed E-state index contributed by atoms with van der Waals surface area (Å²) in [7, 11) is 0. The highest BCUT2D eigenvalue weighted by Gasteiger charge is 2.36. The molecule has 0 aliphatic carbocycles. The molecule has 0 aromatic rings. The van der Waals surface area contributed by atoms with Crippen LogP contribution in [0.15, 0.2) is 0 Å². The van der Waals surface area contributed by atoms with Crippen LogP contribution in [-0.4, -0.2) is 19.4 Å². The lowest BCUT2D eigenvalue weighted by Gasteiger charge is -2.27. The van der Waals surface area contributed by atoms with Crippen LogP contribution in [0, 0.1) is 0 Å². The average Bonchev–Trinajstić information content (AvgIpc) is 1.25. The van der Waals surface area contributed by atoms with Crippen LogP contribution in [0.4, 0.5) is 0 Å². The third-order valence-electron chi connectivity index (χ3n) is 0.635. The van der Waals surface area contributed by atoms with E-state index in [0.29, 0.717) is 0 Å². The first-order valence-electron chi connectivity index (χ1n) is 1.87. The third-order valence-corrected chi connectivity index (χ3v) is 2.18. The van der Waals surface area contributed by atoms with E-state index < -0.39 is 9.20 Å². The smallest absolute Gasteiger partial charge is 0.190 e. The molecule has 0 heterocycles. The second-order valence-electron chi connectivity index (χ2n) is 1.66. The molecule has 1 atom stereocenters. The molecule has 0 aliphatic heterocycles. The summed E-state index contributed by atoms with van der Waals surface area (Å²) in [5, 5.41) is 17.6. The Morgan fingerprint density at radius 2 is 1.25 bits per heavy atom. The monoisotopic (exact) mass is 172 g/mol. The van der Waals surface area contributed by atoms with Crippen LogP contribution in [0.1, 0.15) is 6.92 Å². The molecule has 0 radical (unpaired) electrons. The minimum atomic E-state index is -1.75. The molecule has 5 heteroatoms. The van der Waals surface area contributed by atoms with E-state index in [4.69, 9.17) is 10.2 Å². The summed E-state index contributed by atoms with van der Waals surface area (Å²) in [6.45, 7) is 1.29. The molecule has 2 nitrogen and oxygen atoms in total. The summed E-state index contributed by atoms with van der Waals surface area (Å²) < 4.78 is -1.75. The number of hydrogen-bond donors (Lipinski definition) is 5. The van der Waals surface area contributed by atoms with Crippen molar-refractivity contribution in [1.82, 2.24) is 0 Å². The molecule has 0 spiro atoms. The quantitative estimate of drug-likeness (QED) is 0.288. The van der Waals surface area contributed by atoms with Gasteiger partial charge in [-0.2, -0.15) is 0 Å². The van der Waals surface area contributed by atoms with Crippen molar-refractivity contribution in [1.29, 1.82) is 0 Å². The van der Waals surface area contributed by atoms with Crippen LogP contribution >= 0.6 is 37.9 Å². The minimum absolute atomic E-state index is 1.29. The molecular formula is C3H8O2S3. The van der Waals surface area contributed by atoms with Crippen LogP contribution in [-0.2, 0) is 0 Å². The first kappa shape index (κ1) is 8.97. The number of hydrogen-bond acceptors (Lipinski definition) is 5. The summed E-state index contributed by atoms with van der Waals surface area (Å²) in [5.41, 5.74) is 0. The lowest BCUT2D eigenvalue weighted by Crippen LogP contribution is -2.38. The highest BCUT2D eigenvalue weighted by molar-refractivity contribution is 8.01. The zero-order chi connectivity index (χ0) is 7.00. The van der Waals surface area contributed by atoms with Gasteiger partial charge < -0.3 is 10.2 Å². The summed E-state index contributed by atoms with van der Waals surface area (Å²) in [6.07, 6.45) is 0. The average molecular weight is 172 g/mol. The predicted molar refractivity (Wildman–Crippen MR) is 42.5 cm³/mol. The molecule has 8 heavy (non-hydrogen) atoms. The standard InChI is InChI=1S/C3H8O2S3/c1-2(4,6)3(5,7)8/h4-8H,1H3.